The molecule has 1 rings (SSSR count). The van der Waals surface area contributed by atoms with Gasteiger partial charge in [0.1, 0.15) is 5.60 Å². The molecule has 0 aromatic rings. The molecule has 1 fully saturated rings. The molecule has 1 saturated carbocycles. The maximum atomic E-state index is 11.4. The van der Waals surface area contributed by atoms with Crippen LogP contribution >= 0.6 is 0 Å². The number of carbonyl (C=O) groups is 2. The number of hydrogen-bond donors (Lipinski definition) is 2. The zero-order valence-corrected chi connectivity index (χ0v) is 9.57. The number of carboxylic acid groups (broad SMARTS) is 1. The van der Waals surface area contributed by atoms with E-state index in [4.69, 9.17) is 5.11 Å². The van der Waals surface area contributed by atoms with Crippen LogP contribution < -0.4 is 0 Å². The molecule has 16 heavy (non-hydrogen) atoms. The van der Waals surface area contributed by atoms with Crippen molar-refractivity contribution in [3.63, 3.8) is 0 Å². The molecule has 1 aliphatic rings. The van der Waals surface area contributed by atoms with Gasteiger partial charge >= 0.3 is 5.97 Å². The molecule has 4 heteroatoms. The van der Waals surface area contributed by atoms with Crippen molar-refractivity contribution in [2.75, 3.05) is 0 Å². The largest absolute Gasteiger partial charge is 0.481 e. The van der Waals surface area contributed by atoms with Crippen LogP contribution in [0.2, 0.25) is 0 Å². The third kappa shape index (κ3) is 3.93. The van der Waals surface area contributed by atoms with Crippen molar-refractivity contribution < 1.29 is 19.8 Å². The van der Waals surface area contributed by atoms with Crippen molar-refractivity contribution >= 4 is 11.8 Å². The van der Waals surface area contributed by atoms with E-state index < -0.39 is 11.6 Å². The zero-order valence-electron chi connectivity index (χ0n) is 9.57. The maximum absolute atomic E-state index is 11.4. The number of carboxylic acids is 1. The number of aliphatic carboxylic acids is 1. The van der Waals surface area contributed by atoms with Gasteiger partial charge < -0.3 is 10.2 Å². The number of aliphatic hydroxyl groups is 1. The van der Waals surface area contributed by atoms with Crippen molar-refractivity contribution in [3.05, 3.63) is 0 Å². The molecular formula is C12H20O4. The minimum Gasteiger partial charge on any atom is -0.481 e. The minimum atomic E-state index is -1.06. The predicted molar refractivity (Wildman–Crippen MR) is 59.1 cm³/mol. The fourth-order valence-corrected chi connectivity index (χ4v) is 2.23. The molecule has 0 radical (unpaired) electrons. The summed E-state index contributed by atoms with van der Waals surface area (Å²) in [7, 11) is 0. The summed E-state index contributed by atoms with van der Waals surface area (Å²) >= 11 is 0. The van der Waals surface area contributed by atoms with Gasteiger partial charge in [0, 0.05) is 12.8 Å². The van der Waals surface area contributed by atoms with Crippen LogP contribution in [0.15, 0.2) is 0 Å². The second-order valence-electron chi connectivity index (χ2n) is 4.62. The van der Waals surface area contributed by atoms with Crippen molar-refractivity contribution in [1.29, 1.82) is 0 Å². The van der Waals surface area contributed by atoms with Gasteiger partial charge in [-0.15, -0.1) is 0 Å². The lowest BCUT2D eigenvalue weighted by atomic mass is 9.93. The smallest absolute Gasteiger partial charge is 0.303 e. The Morgan fingerprint density at radius 2 is 1.94 bits per heavy atom. The summed E-state index contributed by atoms with van der Waals surface area (Å²) in [5.74, 6) is -0.775. The van der Waals surface area contributed by atoms with Gasteiger partial charge in [0.2, 0.25) is 0 Å². The highest BCUT2D eigenvalue weighted by Gasteiger charge is 2.38. The van der Waals surface area contributed by atoms with Crippen LogP contribution in [0.4, 0.5) is 0 Å². The first-order valence-corrected chi connectivity index (χ1v) is 6.02. The Kier molecular flexibility index (Phi) is 4.93. The highest BCUT2D eigenvalue weighted by Crippen LogP contribution is 2.30. The number of Topliss-reactive ketones (excluding diaryl/α,β-unsaturated/α-hetero) is 1. The second kappa shape index (κ2) is 5.99. The first-order chi connectivity index (χ1) is 7.54. The predicted octanol–water partition coefficient (Wildman–Crippen LogP) is 1.90. The van der Waals surface area contributed by atoms with E-state index in [-0.39, 0.29) is 12.2 Å². The quantitative estimate of drug-likeness (QED) is 0.652. The molecule has 0 amide bonds. The highest BCUT2D eigenvalue weighted by atomic mass is 16.4. The van der Waals surface area contributed by atoms with E-state index in [0.717, 1.165) is 25.7 Å². The highest BCUT2D eigenvalue weighted by molar-refractivity contribution is 5.88. The van der Waals surface area contributed by atoms with E-state index in [0.29, 0.717) is 25.7 Å². The first-order valence-electron chi connectivity index (χ1n) is 6.02. The molecule has 92 valence electrons. The van der Waals surface area contributed by atoms with Crippen LogP contribution in [0.1, 0.15) is 57.8 Å². The lowest BCUT2D eigenvalue weighted by molar-refractivity contribution is -0.137. The molecule has 2 N–H and O–H groups in total. The number of carbonyl (C=O) groups excluding carboxylic acids is 1. The van der Waals surface area contributed by atoms with Crippen molar-refractivity contribution in [2.24, 2.45) is 0 Å². The van der Waals surface area contributed by atoms with Gasteiger partial charge in [0.15, 0.2) is 5.78 Å². The van der Waals surface area contributed by atoms with Crippen LogP contribution in [0.3, 0.4) is 0 Å². The fraction of sp³-hybridized carbons (Fsp3) is 0.833. The molecule has 0 heterocycles. The molecule has 0 spiro atoms. The van der Waals surface area contributed by atoms with Crippen LogP contribution in [0.5, 0.6) is 0 Å². The Hall–Kier alpha value is -0.900. The summed E-state index contributed by atoms with van der Waals surface area (Å²) in [5, 5.41) is 18.4. The fourth-order valence-electron chi connectivity index (χ4n) is 2.23. The first kappa shape index (κ1) is 13.2. The Bertz CT molecular complexity index is 262. The molecule has 0 aromatic carbocycles. The van der Waals surface area contributed by atoms with E-state index in [1.165, 1.54) is 0 Å². The second-order valence-corrected chi connectivity index (χ2v) is 4.62. The number of rotatable bonds is 7. The lowest BCUT2D eigenvalue weighted by Gasteiger charge is -2.19. The molecule has 4 nitrogen and oxygen atoms in total. The van der Waals surface area contributed by atoms with Crippen LogP contribution in [0.25, 0.3) is 0 Å². The molecular weight excluding hydrogens is 208 g/mol. The van der Waals surface area contributed by atoms with Gasteiger partial charge in [-0.25, -0.2) is 0 Å². The summed E-state index contributed by atoms with van der Waals surface area (Å²) < 4.78 is 0. The number of ketones is 1. The third-order valence-electron chi connectivity index (χ3n) is 3.24. The standard InChI is InChI=1S/C12H20O4/c13-10-6-5-9-12(10,16)8-4-2-1-3-7-11(14)15/h16H,1-9H2,(H,14,15)/t12-/m0/s1. The van der Waals surface area contributed by atoms with Crippen molar-refractivity contribution in [2.45, 2.75) is 63.4 Å². The topological polar surface area (TPSA) is 74.6 Å². The Labute approximate surface area is 95.7 Å². The molecule has 1 atom stereocenters. The van der Waals surface area contributed by atoms with Crippen LogP contribution in [-0.4, -0.2) is 27.6 Å². The SMILES string of the molecule is O=C(O)CCCCCC[C@]1(O)CCCC1=O. The lowest BCUT2D eigenvalue weighted by Crippen LogP contribution is -2.33. The van der Waals surface area contributed by atoms with E-state index in [1.807, 2.05) is 0 Å². The molecule has 0 bridgehead atoms. The summed E-state index contributed by atoms with van der Waals surface area (Å²) in [6.07, 6.45) is 5.90. The van der Waals surface area contributed by atoms with Crippen LogP contribution in [-0.2, 0) is 9.59 Å². The summed E-state index contributed by atoms with van der Waals surface area (Å²) in [4.78, 5) is 21.6. The van der Waals surface area contributed by atoms with Crippen molar-refractivity contribution in [1.82, 2.24) is 0 Å². The average Bonchev–Trinajstić information content (AvgIpc) is 2.53. The summed E-state index contributed by atoms with van der Waals surface area (Å²) in [6, 6.07) is 0. The van der Waals surface area contributed by atoms with Gasteiger partial charge in [-0.3, -0.25) is 9.59 Å². The van der Waals surface area contributed by atoms with Gasteiger partial charge in [-0.05, 0) is 25.7 Å². The number of hydrogen-bond acceptors (Lipinski definition) is 3. The Balaban J connectivity index is 2.07. The normalized spacial score (nSPS) is 24.9. The molecule has 0 aliphatic heterocycles. The molecule has 0 unspecified atom stereocenters. The van der Waals surface area contributed by atoms with E-state index in [1.54, 1.807) is 0 Å². The van der Waals surface area contributed by atoms with E-state index in [2.05, 4.69) is 0 Å². The van der Waals surface area contributed by atoms with Gasteiger partial charge in [0.25, 0.3) is 0 Å². The molecule has 0 aromatic heterocycles. The van der Waals surface area contributed by atoms with Crippen molar-refractivity contribution in [3.8, 4) is 0 Å². The minimum absolute atomic E-state index is 0.0157. The van der Waals surface area contributed by atoms with E-state index in [9.17, 15) is 14.7 Å². The molecule has 0 saturated heterocycles. The Morgan fingerprint density at radius 3 is 2.50 bits per heavy atom. The van der Waals surface area contributed by atoms with E-state index >= 15 is 0 Å². The average molecular weight is 228 g/mol. The maximum Gasteiger partial charge on any atom is 0.303 e. The summed E-state index contributed by atoms with van der Waals surface area (Å²) in [5.41, 5.74) is -1.06. The monoisotopic (exact) mass is 228 g/mol. The molecule has 1 aliphatic carbocycles. The number of unbranched alkanes of at least 4 members (excludes halogenated alkanes) is 3. The third-order valence-corrected chi connectivity index (χ3v) is 3.24. The van der Waals surface area contributed by atoms with Crippen LogP contribution in [0, 0.1) is 0 Å². The zero-order chi connectivity index (χ0) is 12.0. The van der Waals surface area contributed by atoms with Gasteiger partial charge in [-0.1, -0.05) is 19.3 Å². The van der Waals surface area contributed by atoms with Gasteiger partial charge in [-0.2, -0.15) is 0 Å². The Morgan fingerprint density at radius 1 is 1.25 bits per heavy atom. The summed E-state index contributed by atoms with van der Waals surface area (Å²) in [6.45, 7) is 0. The van der Waals surface area contributed by atoms with Gasteiger partial charge in [0.05, 0.1) is 0 Å².